The van der Waals surface area contributed by atoms with Crippen LogP contribution in [-0.2, 0) is 6.42 Å². The summed E-state index contributed by atoms with van der Waals surface area (Å²) in [6, 6.07) is 16.4. The van der Waals surface area contributed by atoms with Gasteiger partial charge in [-0.15, -0.1) is 0 Å². The van der Waals surface area contributed by atoms with Crippen molar-refractivity contribution in [1.29, 1.82) is 0 Å². The van der Waals surface area contributed by atoms with Gasteiger partial charge in [-0.1, -0.05) is 32.0 Å². The number of phenolic OH excluding ortho intramolecular Hbond substituents is 1. The molecule has 0 unspecified atom stereocenters. The summed E-state index contributed by atoms with van der Waals surface area (Å²) in [7, 11) is 0. The normalized spacial score (nSPS) is 15.8. The molecule has 2 aromatic heterocycles. The topological polar surface area (TPSA) is 73.6 Å². The van der Waals surface area contributed by atoms with Crippen molar-refractivity contribution in [2.75, 3.05) is 47.4 Å². The van der Waals surface area contributed by atoms with Crippen LogP contribution in [-0.4, -0.2) is 57.3 Å². The van der Waals surface area contributed by atoms with Crippen LogP contribution in [0.25, 0.3) is 11.2 Å². The van der Waals surface area contributed by atoms with Crippen LogP contribution in [0.2, 0.25) is 0 Å². The fourth-order valence-electron chi connectivity index (χ4n) is 5.56. The van der Waals surface area contributed by atoms with Gasteiger partial charge in [0.15, 0.2) is 17.0 Å². The number of rotatable bonds is 6. The lowest BCUT2D eigenvalue weighted by atomic mass is 10.2. The Bertz CT molecular complexity index is 1350. The minimum atomic E-state index is 0.296. The Morgan fingerprint density at radius 1 is 0.861 bits per heavy atom. The Balaban J connectivity index is 1.37. The fourth-order valence-corrected chi connectivity index (χ4v) is 5.56. The molecule has 6 rings (SSSR count). The second-order valence-electron chi connectivity index (χ2n) is 9.66. The molecule has 0 saturated carbocycles. The van der Waals surface area contributed by atoms with Gasteiger partial charge in [0, 0.05) is 50.1 Å². The molecule has 0 radical (unpaired) electrons. The van der Waals surface area contributed by atoms with Gasteiger partial charge in [0.1, 0.15) is 5.75 Å². The Hall–Kier alpha value is -3.81. The second kappa shape index (κ2) is 9.33. The molecule has 0 spiro atoms. The number of imidazole rings is 1. The maximum atomic E-state index is 9.63. The van der Waals surface area contributed by atoms with E-state index in [2.05, 4.69) is 57.4 Å². The molecule has 8 nitrogen and oxygen atoms in total. The van der Waals surface area contributed by atoms with Gasteiger partial charge in [-0.25, -0.2) is 4.98 Å². The molecule has 0 atom stereocenters. The highest BCUT2D eigenvalue weighted by Crippen LogP contribution is 2.38. The van der Waals surface area contributed by atoms with Crippen molar-refractivity contribution in [3.8, 4) is 5.75 Å². The number of fused-ring (bicyclic) bond motifs is 2. The average Bonchev–Trinajstić information content (AvgIpc) is 3.54. The molecular formula is C28H33N7O. The van der Waals surface area contributed by atoms with E-state index in [9.17, 15) is 5.11 Å². The monoisotopic (exact) mass is 483 g/mol. The van der Waals surface area contributed by atoms with Gasteiger partial charge in [-0.05, 0) is 55.2 Å². The van der Waals surface area contributed by atoms with Crippen LogP contribution in [0.15, 0.2) is 54.9 Å². The minimum absolute atomic E-state index is 0.296. The molecule has 4 aromatic rings. The predicted octanol–water partition coefficient (Wildman–Crippen LogP) is 4.91. The van der Waals surface area contributed by atoms with Gasteiger partial charge < -0.3 is 24.4 Å². The Morgan fingerprint density at radius 3 is 2.33 bits per heavy atom. The molecule has 1 N–H and O–H groups in total. The molecule has 2 aliphatic heterocycles. The fraction of sp³-hybridized carbons (Fsp3) is 0.393. The molecular weight excluding hydrogens is 450 g/mol. The van der Waals surface area contributed by atoms with E-state index in [1.807, 2.05) is 18.5 Å². The number of phenols is 1. The second-order valence-corrected chi connectivity index (χ2v) is 9.66. The standard InChI is InChI=1S/C28H33N7O/c1-3-21(4-2)35-19-29-25-26(34-14-13-20-7-5-6-8-24(20)34)30-28(31-27(25)35)33-17-15-32(16-18-33)22-9-11-23(36)12-10-22/h5-12,19,21,36H,3-4,13-18H2,1-2H3. The third-order valence-corrected chi connectivity index (χ3v) is 7.65. The number of aromatic nitrogens is 4. The molecule has 186 valence electrons. The average molecular weight is 484 g/mol. The number of anilines is 4. The van der Waals surface area contributed by atoms with E-state index in [-0.39, 0.29) is 0 Å². The Morgan fingerprint density at radius 2 is 1.58 bits per heavy atom. The van der Waals surface area contributed by atoms with Crippen molar-refractivity contribution < 1.29 is 5.11 Å². The summed E-state index contributed by atoms with van der Waals surface area (Å²) < 4.78 is 2.25. The summed E-state index contributed by atoms with van der Waals surface area (Å²) in [5, 5.41) is 9.63. The third kappa shape index (κ3) is 3.90. The summed E-state index contributed by atoms with van der Waals surface area (Å²) in [5.41, 5.74) is 5.51. The van der Waals surface area contributed by atoms with E-state index in [1.165, 1.54) is 11.3 Å². The molecule has 0 bridgehead atoms. The maximum Gasteiger partial charge on any atom is 0.229 e. The first-order valence-corrected chi connectivity index (χ1v) is 13.0. The lowest BCUT2D eigenvalue weighted by Gasteiger charge is -2.36. The molecule has 1 fully saturated rings. The zero-order valence-electron chi connectivity index (χ0n) is 21.0. The number of hydrogen-bond acceptors (Lipinski definition) is 7. The smallest absolute Gasteiger partial charge is 0.229 e. The van der Waals surface area contributed by atoms with Crippen LogP contribution in [0, 0.1) is 0 Å². The van der Waals surface area contributed by atoms with Crippen molar-refractivity contribution in [1.82, 2.24) is 19.5 Å². The lowest BCUT2D eigenvalue weighted by molar-refractivity contribution is 0.475. The number of piperazine rings is 1. The van der Waals surface area contributed by atoms with Crippen LogP contribution in [0.1, 0.15) is 38.3 Å². The van der Waals surface area contributed by atoms with Gasteiger partial charge in [-0.2, -0.15) is 9.97 Å². The van der Waals surface area contributed by atoms with Crippen LogP contribution in [0.3, 0.4) is 0 Å². The van der Waals surface area contributed by atoms with Crippen molar-refractivity contribution in [2.24, 2.45) is 0 Å². The SMILES string of the molecule is CCC(CC)n1cnc2c(N3CCc4ccccc43)nc(N3CCN(c4ccc(O)cc4)CC3)nc21. The van der Waals surface area contributed by atoms with Crippen molar-refractivity contribution >= 4 is 34.3 Å². The molecule has 36 heavy (non-hydrogen) atoms. The van der Waals surface area contributed by atoms with Crippen LogP contribution < -0.4 is 14.7 Å². The maximum absolute atomic E-state index is 9.63. The summed E-state index contributed by atoms with van der Waals surface area (Å²) in [6.45, 7) is 8.77. The zero-order chi connectivity index (χ0) is 24.6. The Kier molecular flexibility index (Phi) is 5.87. The predicted molar refractivity (Wildman–Crippen MR) is 145 cm³/mol. The van der Waals surface area contributed by atoms with Gasteiger partial charge in [0.25, 0.3) is 0 Å². The molecule has 2 aliphatic rings. The first-order valence-electron chi connectivity index (χ1n) is 13.0. The van der Waals surface area contributed by atoms with E-state index in [0.29, 0.717) is 11.8 Å². The van der Waals surface area contributed by atoms with Crippen molar-refractivity contribution in [2.45, 2.75) is 39.2 Å². The first kappa shape index (κ1) is 22.6. The largest absolute Gasteiger partial charge is 0.508 e. The van der Waals surface area contributed by atoms with E-state index < -0.39 is 0 Å². The molecule has 2 aromatic carbocycles. The zero-order valence-corrected chi connectivity index (χ0v) is 21.0. The van der Waals surface area contributed by atoms with Gasteiger partial charge in [0.05, 0.1) is 6.33 Å². The molecule has 4 heterocycles. The summed E-state index contributed by atoms with van der Waals surface area (Å²) in [5.74, 6) is 1.98. The van der Waals surface area contributed by atoms with Crippen LogP contribution in [0.4, 0.5) is 23.1 Å². The molecule has 1 saturated heterocycles. The highest BCUT2D eigenvalue weighted by molar-refractivity contribution is 5.89. The molecule has 8 heteroatoms. The minimum Gasteiger partial charge on any atom is -0.508 e. The van der Waals surface area contributed by atoms with Crippen LogP contribution in [0.5, 0.6) is 5.75 Å². The third-order valence-electron chi connectivity index (χ3n) is 7.65. The summed E-state index contributed by atoms with van der Waals surface area (Å²) in [6.07, 6.45) is 5.04. The van der Waals surface area contributed by atoms with E-state index in [4.69, 9.17) is 15.0 Å². The van der Waals surface area contributed by atoms with E-state index >= 15 is 0 Å². The number of hydrogen-bond donors (Lipinski definition) is 1. The van der Waals surface area contributed by atoms with Crippen LogP contribution >= 0.6 is 0 Å². The summed E-state index contributed by atoms with van der Waals surface area (Å²) in [4.78, 5) is 22.1. The summed E-state index contributed by atoms with van der Waals surface area (Å²) >= 11 is 0. The number of aromatic hydroxyl groups is 1. The van der Waals surface area contributed by atoms with E-state index in [1.54, 1.807) is 12.1 Å². The van der Waals surface area contributed by atoms with Gasteiger partial charge >= 0.3 is 0 Å². The van der Waals surface area contributed by atoms with E-state index in [0.717, 1.165) is 80.6 Å². The quantitative estimate of drug-likeness (QED) is 0.418. The van der Waals surface area contributed by atoms with Gasteiger partial charge in [0.2, 0.25) is 5.95 Å². The first-order chi connectivity index (χ1) is 17.7. The van der Waals surface area contributed by atoms with Gasteiger partial charge in [-0.3, -0.25) is 0 Å². The number of benzene rings is 2. The molecule has 0 amide bonds. The lowest BCUT2D eigenvalue weighted by Crippen LogP contribution is -2.47. The molecule has 0 aliphatic carbocycles. The Labute approximate surface area is 211 Å². The number of nitrogens with zero attached hydrogens (tertiary/aromatic N) is 7. The highest BCUT2D eigenvalue weighted by Gasteiger charge is 2.28. The highest BCUT2D eigenvalue weighted by atomic mass is 16.3. The number of para-hydroxylation sites is 1. The van der Waals surface area contributed by atoms with Crippen molar-refractivity contribution in [3.05, 3.63) is 60.4 Å². The van der Waals surface area contributed by atoms with Crippen molar-refractivity contribution in [3.63, 3.8) is 0 Å².